The summed E-state index contributed by atoms with van der Waals surface area (Å²) in [4.78, 5) is 14.2. The number of hydrogen-bond donors (Lipinski definition) is 1. The van der Waals surface area contributed by atoms with E-state index in [2.05, 4.69) is 10.1 Å². The zero-order chi connectivity index (χ0) is 13.4. The van der Waals surface area contributed by atoms with Crippen LogP contribution >= 0.6 is 0 Å². The van der Waals surface area contributed by atoms with Gasteiger partial charge >= 0.3 is 5.97 Å². The van der Waals surface area contributed by atoms with Crippen molar-refractivity contribution in [3.63, 3.8) is 0 Å². The molecule has 18 heavy (non-hydrogen) atoms. The second-order valence-corrected chi connectivity index (χ2v) is 3.42. The van der Waals surface area contributed by atoms with Gasteiger partial charge in [0.25, 0.3) is 5.82 Å². The maximum Gasteiger partial charge on any atom is 0.375 e. The van der Waals surface area contributed by atoms with E-state index in [4.69, 9.17) is 5.11 Å². The molecule has 0 amide bonds. The van der Waals surface area contributed by atoms with Gasteiger partial charge in [-0.2, -0.15) is 0 Å². The Morgan fingerprint density at radius 1 is 1.33 bits per heavy atom. The molecule has 0 saturated heterocycles. The molecule has 0 aliphatic heterocycles. The molecule has 0 aliphatic carbocycles. The Bertz CT molecular complexity index is 640. The molecule has 5 nitrogen and oxygen atoms in total. The Labute approximate surface area is 98.5 Å². The fraction of sp³-hybridized carbons (Fsp3) is 0.100. The van der Waals surface area contributed by atoms with Gasteiger partial charge in [0.2, 0.25) is 0 Å². The minimum Gasteiger partial charge on any atom is -0.475 e. The summed E-state index contributed by atoms with van der Waals surface area (Å²) < 4.78 is 40.2. The fourth-order valence-corrected chi connectivity index (χ4v) is 1.41. The third-order valence-corrected chi connectivity index (χ3v) is 2.16. The van der Waals surface area contributed by atoms with Crippen molar-refractivity contribution in [2.45, 2.75) is 6.92 Å². The van der Waals surface area contributed by atoms with E-state index in [9.17, 15) is 18.0 Å². The Balaban J connectivity index is 2.65. The van der Waals surface area contributed by atoms with Gasteiger partial charge in [-0.25, -0.2) is 27.6 Å². The van der Waals surface area contributed by atoms with Crippen LogP contribution in [0.1, 0.15) is 16.4 Å². The first-order valence-corrected chi connectivity index (χ1v) is 4.72. The summed E-state index contributed by atoms with van der Waals surface area (Å²) in [6, 6.07) is 1.08. The lowest BCUT2D eigenvalue weighted by Crippen LogP contribution is -2.06. The van der Waals surface area contributed by atoms with Crippen LogP contribution in [0.3, 0.4) is 0 Å². The molecule has 0 atom stereocenters. The van der Waals surface area contributed by atoms with Gasteiger partial charge in [0, 0.05) is 12.1 Å². The van der Waals surface area contributed by atoms with Gasteiger partial charge < -0.3 is 5.11 Å². The second-order valence-electron chi connectivity index (χ2n) is 3.42. The molecule has 2 rings (SSSR count). The number of hydrogen-bond acceptors (Lipinski definition) is 3. The molecule has 0 aliphatic rings. The van der Waals surface area contributed by atoms with Crippen LogP contribution in [0.15, 0.2) is 12.1 Å². The number of aromatic carboxylic acids is 1. The molecule has 0 saturated carbocycles. The van der Waals surface area contributed by atoms with Crippen molar-refractivity contribution >= 4 is 5.97 Å². The summed E-state index contributed by atoms with van der Waals surface area (Å²) in [5.74, 6) is -5.74. The van der Waals surface area contributed by atoms with Crippen molar-refractivity contribution in [1.82, 2.24) is 14.8 Å². The van der Waals surface area contributed by atoms with E-state index < -0.39 is 34.9 Å². The number of aromatic nitrogens is 3. The van der Waals surface area contributed by atoms with Crippen LogP contribution in [-0.4, -0.2) is 25.8 Å². The molecule has 94 valence electrons. The van der Waals surface area contributed by atoms with Crippen LogP contribution in [-0.2, 0) is 0 Å². The Morgan fingerprint density at radius 3 is 2.56 bits per heavy atom. The van der Waals surface area contributed by atoms with Crippen LogP contribution in [0.25, 0.3) is 5.69 Å². The minimum atomic E-state index is -1.42. The fourth-order valence-electron chi connectivity index (χ4n) is 1.41. The van der Waals surface area contributed by atoms with E-state index in [1.54, 1.807) is 0 Å². The van der Waals surface area contributed by atoms with E-state index >= 15 is 0 Å². The molecule has 0 fully saturated rings. The lowest BCUT2D eigenvalue weighted by atomic mass is 10.3. The summed E-state index contributed by atoms with van der Waals surface area (Å²) >= 11 is 0. The molecule has 2 aromatic rings. The van der Waals surface area contributed by atoms with Crippen molar-refractivity contribution in [1.29, 1.82) is 0 Å². The number of aryl methyl sites for hydroxylation is 1. The van der Waals surface area contributed by atoms with Crippen molar-refractivity contribution in [2.75, 3.05) is 0 Å². The molecule has 0 unspecified atom stereocenters. The highest BCUT2D eigenvalue weighted by molar-refractivity contribution is 5.83. The zero-order valence-electron chi connectivity index (χ0n) is 8.99. The van der Waals surface area contributed by atoms with Crippen molar-refractivity contribution < 1.29 is 23.1 Å². The number of halogens is 3. The predicted octanol–water partition coefficient (Wildman–Crippen LogP) is 1.69. The number of nitrogens with zero attached hydrogens (tertiary/aromatic N) is 3. The van der Waals surface area contributed by atoms with Gasteiger partial charge in [-0.1, -0.05) is 0 Å². The zero-order valence-corrected chi connectivity index (χ0v) is 8.99. The molecular weight excluding hydrogens is 251 g/mol. The first kappa shape index (κ1) is 12.1. The van der Waals surface area contributed by atoms with Gasteiger partial charge in [-0.05, 0) is 6.92 Å². The number of carbonyl (C=O) groups is 1. The van der Waals surface area contributed by atoms with E-state index in [-0.39, 0.29) is 5.82 Å². The van der Waals surface area contributed by atoms with E-state index in [1.165, 1.54) is 6.92 Å². The van der Waals surface area contributed by atoms with Crippen LogP contribution in [0, 0.1) is 24.4 Å². The highest BCUT2D eigenvalue weighted by Gasteiger charge is 2.19. The van der Waals surface area contributed by atoms with E-state index in [0.717, 1.165) is 4.68 Å². The molecule has 1 heterocycles. The molecule has 1 aromatic carbocycles. The SMILES string of the molecule is Cc1nc(C(=O)O)nn1-c1cc(F)cc(F)c1F. The highest BCUT2D eigenvalue weighted by Crippen LogP contribution is 2.19. The third kappa shape index (κ3) is 1.92. The molecular formula is C10H6F3N3O2. The van der Waals surface area contributed by atoms with E-state index in [0.29, 0.717) is 12.1 Å². The summed E-state index contributed by atoms with van der Waals surface area (Å²) in [6.07, 6.45) is 0. The standard InChI is InChI=1S/C10H6F3N3O2/c1-4-14-9(10(17)18)15-16(4)7-3-5(11)2-6(12)8(7)13/h2-3H,1H3,(H,17,18). The van der Waals surface area contributed by atoms with Crippen LogP contribution in [0.2, 0.25) is 0 Å². The molecule has 0 radical (unpaired) electrons. The quantitative estimate of drug-likeness (QED) is 0.831. The van der Waals surface area contributed by atoms with Crippen molar-refractivity contribution in [3.8, 4) is 5.69 Å². The number of rotatable bonds is 2. The van der Waals surface area contributed by atoms with Crippen molar-refractivity contribution in [3.05, 3.63) is 41.2 Å². The first-order valence-electron chi connectivity index (χ1n) is 4.72. The van der Waals surface area contributed by atoms with E-state index in [1.807, 2.05) is 0 Å². The monoisotopic (exact) mass is 257 g/mol. The highest BCUT2D eigenvalue weighted by atomic mass is 19.2. The number of carboxylic acids is 1. The van der Waals surface area contributed by atoms with Gasteiger partial charge in [0.05, 0.1) is 0 Å². The lowest BCUT2D eigenvalue weighted by Gasteiger charge is -2.05. The third-order valence-electron chi connectivity index (χ3n) is 2.16. The lowest BCUT2D eigenvalue weighted by molar-refractivity contribution is 0.0683. The number of carboxylic acid groups (broad SMARTS) is 1. The maximum absolute atomic E-state index is 13.5. The Hall–Kier alpha value is -2.38. The van der Waals surface area contributed by atoms with Gasteiger partial charge in [-0.15, -0.1) is 5.10 Å². The first-order chi connectivity index (χ1) is 8.40. The average Bonchev–Trinajstić information content (AvgIpc) is 2.66. The Kier molecular flexibility index (Phi) is 2.77. The summed E-state index contributed by atoms with van der Waals surface area (Å²) in [5, 5.41) is 12.1. The van der Waals surface area contributed by atoms with Crippen molar-refractivity contribution in [2.24, 2.45) is 0 Å². The molecule has 1 aromatic heterocycles. The average molecular weight is 257 g/mol. The van der Waals surface area contributed by atoms with Crippen LogP contribution in [0.5, 0.6) is 0 Å². The van der Waals surface area contributed by atoms with Gasteiger partial charge in [-0.3, -0.25) is 0 Å². The molecule has 0 bridgehead atoms. The molecule has 8 heteroatoms. The summed E-state index contributed by atoms with van der Waals surface area (Å²) in [7, 11) is 0. The summed E-state index contributed by atoms with van der Waals surface area (Å²) in [5.41, 5.74) is -0.537. The molecule has 1 N–H and O–H groups in total. The smallest absolute Gasteiger partial charge is 0.375 e. The largest absolute Gasteiger partial charge is 0.475 e. The summed E-state index contributed by atoms with van der Waals surface area (Å²) in [6.45, 7) is 1.34. The Morgan fingerprint density at radius 2 is 2.00 bits per heavy atom. The van der Waals surface area contributed by atoms with Crippen LogP contribution in [0.4, 0.5) is 13.2 Å². The van der Waals surface area contributed by atoms with Gasteiger partial charge in [0.1, 0.15) is 17.3 Å². The minimum absolute atomic E-state index is 0.00343. The maximum atomic E-state index is 13.5. The topological polar surface area (TPSA) is 68.0 Å². The number of benzene rings is 1. The molecule has 0 spiro atoms. The second kappa shape index (κ2) is 4.13. The predicted molar refractivity (Wildman–Crippen MR) is 52.9 cm³/mol. The van der Waals surface area contributed by atoms with Gasteiger partial charge in [0.15, 0.2) is 11.6 Å². The van der Waals surface area contributed by atoms with Crippen LogP contribution < -0.4 is 0 Å². The normalized spacial score (nSPS) is 10.7.